The van der Waals surface area contributed by atoms with E-state index in [2.05, 4.69) is 15.4 Å². The molecule has 0 bridgehead atoms. The number of benzene rings is 1. The van der Waals surface area contributed by atoms with Crippen LogP contribution >= 0.6 is 0 Å². The summed E-state index contributed by atoms with van der Waals surface area (Å²) in [5.74, 6) is -1.62. The van der Waals surface area contributed by atoms with E-state index >= 15 is 0 Å². The van der Waals surface area contributed by atoms with Crippen molar-refractivity contribution in [3.63, 3.8) is 0 Å². The lowest BCUT2D eigenvalue weighted by Gasteiger charge is -2.06. The third-order valence-electron chi connectivity index (χ3n) is 3.75. The predicted octanol–water partition coefficient (Wildman–Crippen LogP) is 3.14. The number of nitrogens with zero attached hydrogens (tertiary/aromatic N) is 3. The Labute approximate surface area is 130 Å². The first-order valence-electron chi connectivity index (χ1n) is 7.23. The number of nitrogens with one attached hydrogen (secondary N) is 1. The minimum atomic E-state index is -0.835. The zero-order chi connectivity index (χ0) is 16.0. The van der Waals surface area contributed by atoms with Crippen molar-refractivity contribution in [2.45, 2.75) is 18.8 Å². The lowest BCUT2D eigenvalue weighted by molar-refractivity contribution is 0.102. The monoisotopic (exact) mass is 314 g/mol. The van der Waals surface area contributed by atoms with E-state index in [4.69, 9.17) is 0 Å². The Kier molecular flexibility index (Phi) is 3.07. The number of hydrogen-bond donors (Lipinski definition) is 1. The van der Waals surface area contributed by atoms with E-state index in [9.17, 15) is 13.6 Å². The summed E-state index contributed by atoms with van der Waals surface area (Å²) in [4.78, 5) is 16.6. The predicted molar refractivity (Wildman–Crippen MR) is 79.3 cm³/mol. The summed E-state index contributed by atoms with van der Waals surface area (Å²) >= 11 is 0. The smallest absolute Gasteiger partial charge is 0.276 e. The Balaban J connectivity index is 1.61. The number of fused-ring (bicyclic) bond motifs is 1. The van der Waals surface area contributed by atoms with Crippen molar-refractivity contribution in [2.75, 3.05) is 5.32 Å². The molecular formula is C16H12F2N4O. The van der Waals surface area contributed by atoms with Gasteiger partial charge in [-0.15, -0.1) is 0 Å². The third-order valence-corrected chi connectivity index (χ3v) is 3.75. The largest absolute Gasteiger partial charge is 0.318 e. The van der Waals surface area contributed by atoms with Gasteiger partial charge in [-0.05, 0) is 37.1 Å². The van der Waals surface area contributed by atoms with Crippen molar-refractivity contribution in [3.8, 4) is 0 Å². The molecular weight excluding hydrogens is 302 g/mol. The molecule has 4 rings (SSSR count). The second-order valence-corrected chi connectivity index (χ2v) is 5.54. The van der Waals surface area contributed by atoms with E-state index in [1.54, 1.807) is 10.6 Å². The van der Waals surface area contributed by atoms with Crippen LogP contribution in [-0.2, 0) is 0 Å². The van der Waals surface area contributed by atoms with E-state index in [1.807, 2.05) is 6.20 Å². The van der Waals surface area contributed by atoms with Gasteiger partial charge in [-0.25, -0.2) is 18.3 Å². The van der Waals surface area contributed by atoms with Crippen LogP contribution in [0.2, 0.25) is 0 Å². The molecule has 0 unspecified atom stereocenters. The number of amides is 1. The van der Waals surface area contributed by atoms with E-state index < -0.39 is 17.5 Å². The van der Waals surface area contributed by atoms with Crippen LogP contribution in [0.25, 0.3) is 5.65 Å². The highest BCUT2D eigenvalue weighted by Gasteiger charge is 2.26. The quantitative estimate of drug-likeness (QED) is 0.808. The Morgan fingerprint density at radius 1 is 1.22 bits per heavy atom. The van der Waals surface area contributed by atoms with Gasteiger partial charge < -0.3 is 5.32 Å². The van der Waals surface area contributed by atoms with E-state index in [0.29, 0.717) is 17.6 Å². The lowest BCUT2D eigenvalue weighted by Crippen LogP contribution is -2.16. The molecule has 0 spiro atoms. The Morgan fingerprint density at radius 2 is 2.04 bits per heavy atom. The molecule has 1 saturated carbocycles. The molecule has 1 aliphatic rings. The number of aromatic nitrogens is 3. The molecule has 3 aromatic rings. The van der Waals surface area contributed by atoms with Gasteiger partial charge in [-0.2, -0.15) is 5.10 Å². The maximum Gasteiger partial charge on any atom is 0.276 e. The average molecular weight is 314 g/mol. The van der Waals surface area contributed by atoms with Gasteiger partial charge in [0.15, 0.2) is 5.65 Å². The van der Waals surface area contributed by atoms with Crippen LogP contribution in [0, 0.1) is 11.6 Å². The first-order valence-corrected chi connectivity index (χ1v) is 7.23. The molecule has 0 aliphatic heterocycles. The van der Waals surface area contributed by atoms with Crippen LogP contribution in [-0.4, -0.2) is 20.5 Å². The van der Waals surface area contributed by atoms with Crippen molar-refractivity contribution >= 4 is 17.2 Å². The van der Waals surface area contributed by atoms with E-state index in [1.165, 1.54) is 12.1 Å². The molecule has 0 saturated heterocycles. The van der Waals surface area contributed by atoms with Gasteiger partial charge in [0.25, 0.3) is 5.91 Å². The topological polar surface area (TPSA) is 59.3 Å². The van der Waals surface area contributed by atoms with Crippen LogP contribution in [0.15, 0.2) is 36.5 Å². The summed E-state index contributed by atoms with van der Waals surface area (Å²) in [7, 11) is 0. The SMILES string of the molecule is O=C(Nc1ccc(F)cc1F)c1ccc2nc(C3CC3)cn2n1. The zero-order valence-electron chi connectivity index (χ0n) is 12.0. The first kappa shape index (κ1) is 13.8. The van der Waals surface area contributed by atoms with Gasteiger partial charge in [0.05, 0.1) is 17.6 Å². The van der Waals surface area contributed by atoms with Crippen LogP contribution in [0.3, 0.4) is 0 Å². The fraction of sp³-hybridized carbons (Fsp3) is 0.188. The van der Waals surface area contributed by atoms with Crippen molar-refractivity contribution in [3.05, 3.63) is 59.6 Å². The molecule has 23 heavy (non-hydrogen) atoms. The standard InChI is InChI=1S/C16H12F2N4O/c17-10-3-4-12(11(18)7-10)20-16(23)13-5-6-15-19-14(9-1-2-9)8-22(15)21-13/h3-9H,1-2H2,(H,20,23). The maximum absolute atomic E-state index is 13.6. The molecule has 0 atom stereocenters. The van der Waals surface area contributed by atoms with E-state index in [-0.39, 0.29) is 11.4 Å². The second-order valence-electron chi connectivity index (χ2n) is 5.54. The summed E-state index contributed by atoms with van der Waals surface area (Å²) in [5.41, 5.74) is 1.67. The minimum Gasteiger partial charge on any atom is -0.318 e. The number of halogens is 2. The van der Waals surface area contributed by atoms with Crippen molar-refractivity contribution in [1.29, 1.82) is 0 Å². The number of imidazole rings is 1. The van der Waals surface area contributed by atoms with Gasteiger partial charge in [-0.3, -0.25) is 4.79 Å². The summed E-state index contributed by atoms with van der Waals surface area (Å²) < 4.78 is 28.0. The fourth-order valence-electron chi connectivity index (χ4n) is 2.37. The lowest BCUT2D eigenvalue weighted by atomic mass is 10.2. The Morgan fingerprint density at radius 3 is 2.78 bits per heavy atom. The number of carbonyl (C=O) groups excluding carboxylic acids is 1. The molecule has 5 nitrogen and oxygen atoms in total. The molecule has 7 heteroatoms. The molecule has 1 amide bonds. The van der Waals surface area contributed by atoms with Gasteiger partial charge >= 0.3 is 0 Å². The highest BCUT2D eigenvalue weighted by atomic mass is 19.1. The summed E-state index contributed by atoms with van der Waals surface area (Å²) in [6, 6.07) is 6.17. The molecule has 1 aromatic carbocycles. The normalized spacial score (nSPS) is 14.2. The molecule has 1 fully saturated rings. The third kappa shape index (κ3) is 2.65. The second kappa shape index (κ2) is 5.12. The number of hydrogen-bond acceptors (Lipinski definition) is 3. The molecule has 1 aliphatic carbocycles. The highest BCUT2D eigenvalue weighted by molar-refractivity contribution is 6.02. The summed E-state index contributed by atoms with van der Waals surface area (Å²) in [6.07, 6.45) is 4.06. The number of rotatable bonds is 3. The van der Waals surface area contributed by atoms with Crippen LogP contribution in [0.4, 0.5) is 14.5 Å². The maximum atomic E-state index is 13.6. The van der Waals surface area contributed by atoms with Crippen molar-refractivity contribution in [1.82, 2.24) is 14.6 Å². The van der Waals surface area contributed by atoms with Gasteiger partial charge in [0.1, 0.15) is 17.3 Å². The van der Waals surface area contributed by atoms with E-state index in [0.717, 1.165) is 24.6 Å². The average Bonchev–Trinajstić information content (AvgIpc) is 3.29. The van der Waals surface area contributed by atoms with Gasteiger partial charge in [-0.1, -0.05) is 0 Å². The summed E-state index contributed by atoms with van der Waals surface area (Å²) in [5, 5.41) is 6.58. The molecule has 2 heterocycles. The Bertz CT molecular complexity index is 918. The van der Waals surface area contributed by atoms with Gasteiger partial charge in [0.2, 0.25) is 0 Å². The first-order chi connectivity index (χ1) is 11.1. The molecule has 1 N–H and O–H groups in total. The molecule has 0 radical (unpaired) electrons. The Hall–Kier alpha value is -2.83. The van der Waals surface area contributed by atoms with Crippen LogP contribution in [0.5, 0.6) is 0 Å². The molecule has 2 aromatic heterocycles. The summed E-state index contributed by atoms with van der Waals surface area (Å²) in [6.45, 7) is 0. The minimum absolute atomic E-state index is 0.0948. The highest BCUT2D eigenvalue weighted by Crippen LogP contribution is 2.39. The van der Waals surface area contributed by atoms with Crippen LogP contribution < -0.4 is 5.32 Å². The number of carbonyl (C=O) groups is 1. The van der Waals surface area contributed by atoms with Crippen molar-refractivity contribution in [2.24, 2.45) is 0 Å². The fourth-order valence-corrected chi connectivity index (χ4v) is 2.37. The van der Waals surface area contributed by atoms with Crippen molar-refractivity contribution < 1.29 is 13.6 Å². The molecule has 116 valence electrons. The van der Waals surface area contributed by atoms with Crippen LogP contribution in [0.1, 0.15) is 34.9 Å². The van der Waals surface area contributed by atoms with Gasteiger partial charge in [0, 0.05) is 12.0 Å². The number of anilines is 1. The zero-order valence-corrected chi connectivity index (χ0v) is 12.0.